The maximum Gasteiger partial charge on any atom is 1.00 e. The van der Waals surface area contributed by atoms with Crippen molar-refractivity contribution in [2.75, 3.05) is 0 Å². The monoisotopic (exact) mass is 435 g/mol. The summed E-state index contributed by atoms with van der Waals surface area (Å²) in [5, 5.41) is 8.63. The van der Waals surface area contributed by atoms with E-state index < -0.39 is 16.2 Å². The van der Waals surface area contributed by atoms with Crippen molar-refractivity contribution in [1.82, 2.24) is 4.98 Å². The quantitative estimate of drug-likeness (QED) is 0.288. The molecule has 0 bridgehead atoms. The standard InChI is InChI=1S/C27H31NPSi.Li/c1-27(2,3)28-30(4,5)26-20-25(23-18-12-13-19-24(23)26)29(21-14-8-6-9-15-21)22-16-10-7-11-17-22;/h6-20,28H,1-5H3;/q-1;+1. The van der Waals surface area contributed by atoms with Crippen LogP contribution in [-0.2, 0) is 0 Å². The maximum absolute atomic E-state index is 3.98. The van der Waals surface area contributed by atoms with E-state index in [4.69, 9.17) is 0 Å². The van der Waals surface area contributed by atoms with Crippen molar-refractivity contribution in [3.63, 3.8) is 0 Å². The van der Waals surface area contributed by atoms with Crippen LogP contribution in [0.2, 0.25) is 13.1 Å². The Morgan fingerprint density at radius 3 is 1.74 bits per heavy atom. The van der Waals surface area contributed by atoms with Gasteiger partial charge in [-0.1, -0.05) is 87.7 Å². The summed E-state index contributed by atoms with van der Waals surface area (Å²) in [7, 11) is -2.46. The summed E-state index contributed by atoms with van der Waals surface area (Å²) in [4.78, 5) is 3.98. The van der Waals surface area contributed by atoms with E-state index >= 15 is 0 Å². The molecular formula is C27H31LiNPSi. The van der Waals surface area contributed by atoms with E-state index in [1.54, 1.807) is 0 Å². The molecule has 1 N–H and O–H groups in total. The first-order chi connectivity index (χ1) is 14.3. The molecule has 0 saturated carbocycles. The van der Waals surface area contributed by atoms with E-state index in [9.17, 15) is 0 Å². The summed E-state index contributed by atoms with van der Waals surface area (Å²) in [6.45, 7) is 11.7. The third-order valence-corrected chi connectivity index (χ3v) is 11.0. The minimum absolute atomic E-state index is 0. The Balaban J connectivity index is 0.00000272. The molecule has 0 aliphatic carbocycles. The zero-order valence-corrected chi connectivity index (χ0v) is 21.5. The molecule has 0 spiro atoms. The molecule has 4 heteroatoms. The normalized spacial score (nSPS) is 12.2. The van der Waals surface area contributed by atoms with Crippen molar-refractivity contribution < 1.29 is 18.9 Å². The van der Waals surface area contributed by atoms with Crippen LogP contribution in [0.25, 0.3) is 10.8 Å². The minimum Gasteiger partial charge on any atom is -0.336 e. The molecular weight excluding hydrogens is 404 g/mol. The van der Waals surface area contributed by atoms with Crippen molar-refractivity contribution in [2.45, 2.75) is 39.4 Å². The molecule has 0 aliphatic rings. The van der Waals surface area contributed by atoms with Gasteiger partial charge in [-0.05, 0) is 31.4 Å². The molecule has 0 heterocycles. The third-order valence-electron chi connectivity index (χ3n) is 5.40. The van der Waals surface area contributed by atoms with E-state index in [0.29, 0.717) is 0 Å². The van der Waals surface area contributed by atoms with Crippen molar-refractivity contribution in [2.24, 2.45) is 0 Å². The van der Waals surface area contributed by atoms with Gasteiger partial charge in [0.2, 0.25) is 0 Å². The van der Waals surface area contributed by atoms with Gasteiger partial charge < -0.3 is 4.98 Å². The third kappa shape index (κ3) is 5.28. The number of hydrogen-bond donors (Lipinski definition) is 1. The molecule has 0 unspecified atom stereocenters. The molecule has 0 amide bonds. The van der Waals surface area contributed by atoms with Crippen molar-refractivity contribution in [3.8, 4) is 0 Å². The SMILES string of the molecule is CC(C)(C)N[Si](C)(C)[c-]1cc(P(c2ccccc2)c2ccccc2)c2ccccc21.[Li+]. The zero-order valence-electron chi connectivity index (χ0n) is 19.6. The van der Waals surface area contributed by atoms with Crippen molar-refractivity contribution in [3.05, 3.63) is 91.0 Å². The van der Waals surface area contributed by atoms with Gasteiger partial charge in [-0.2, -0.15) is 0 Å². The van der Waals surface area contributed by atoms with Gasteiger partial charge in [0.1, 0.15) is 8.24 Å². The number of rotatable bonds is 5. The summed E-state index contributed by atoms with van der Waals surface area (Å²) in [6, 6.07) is 33.6. The molecule has 0 atom stereocenters. The average molecular weight is 436 g/mol. The summed E-state index contributed by atoms with van der Waals surface area (Å²) in [6.07, 6.45) is 0. The first-order valence-corrected chi connectivity index (χ1v) is 15.0. The van der Waals surface area contributed by atoms with Gasteiger partial charge in [-0.3, -0.25) is 0 Å². The first-order valence-electron chi connectivity index (χ1n) is 10.6. The molecule has 1 nitrogen and oxygen atoms in total. The molecule has 0 aliphatic heterocycles. The van der Waals surface area contributed by atoms with Crippen molar-refractivity contribution in [1.29, 1.82) is 0 Å². The molecule has 4 rings (SSSR count). The Kier molecular flexibility index (Phi) is 7.42. The van der Waals surface area contributed by atoms with Gasteiger partial charge >= 0.3 is 18.9 Å². The van der Waals surface area contributed by atoms with Crippen LogP contribution in [0.3, 0.4) is 0 Å². The van der Waals surface area contributed by atoms with Crippen LogP contribution in [0.1, 0.15) is 20.8 Å². The minimum atomic E-state index is -1.85. The van der Waals surface area contributed by atoms with E-state index in [2.05, 4.69) is 130 Å². The Morgan fingerprint density at radius 1 is 0.742 bits per heavy atom. The van der Waals surface area contributed by atoms with Gasteiger partial charge in [0.25, 0.3) is 0 Å². The second-order valence-electron chi connectivity index (χ2n) is 9.50. The summed E-state index contributed by atoms with van der Waals surface area (Å²) >= 11 is 0. The molecule has 31 heavy (non-hydrogen) atoms. The van der Waals surface area contributed by atoms with Gasteiger partial charge in [-0.15, -0.1) is 45.5 Å². The number of nitrogens with one attached hydrogen (secondary N) is 1. The van der Waals surface area contributed by atoms with E-state index in [1.807, 2.05) is 0 Å². The maximum atomic E-state index is 3.98. The smallest absolute Gasteiger partial charge is 0.336 e. The number of fused-ring (bicyclic) bond motifs is 1. The second-order valence-corrected chi connectivity index (χ2v) is 15.7. The van der Waals surface area contributed by atoms with E-state index in [1.165, 1.54) is 31.9 Å². The van der Waals surface area contributed by atoms with Gasteiger partial charge in [-0.25, -0.2) is 0 Å². The predicted molar refractivity (Wildman–Crippen MR) is 138 cm³/mol. The Labute approximate surface area is 201 Å². The summed E-state index contributed by atoms with van der Waals surface area (Å²) in [5.74, 6) is 0. The fraction of sp³-hybridized carbons (Fsp3) is 0.222. The Morgan fingerprint density at radius 2 is 1.23 bits per heavy atom. The first kappa shape index (κ1) is 24.1. The van der Waals surface area contributed by atoms with Gasteiger partial charge in [0.05, 0.1) is 0 Å². The Bertz CT molecular complexity index is 1090. The summed E-state index contributed by atoms with van der Waals surface area (Å²) in [5.41, 5.74) is 0.0951. The molecule has 4 aromatic carbocycles. The van der Waals surface area contributed by atoms with Crippen molar-refractivity contribution >= 4 is 48.0 Å². The molecule has 0 radical (unpaired) electrons. The molecule has 0 fully saturated rings. The molecule has 0 saturated heterocycles. The largest absolute Gasteiger partial charge is 1.00 e. The fourth-order valence-corrected chi connectivity index (χ4v) is 10.5. The second kappa shape index (κ2) is 9.54. The van der Waals surface area contributed by atoms with Crippen LogP contribution in [0, 0.1) is 0 Å². The van der Waals surface area contributed by atoms with Crippen LogP contribution >= 0.6 is 7.92 Å². The van der Waals surface area contributed by atoms with E-state index in [0.717, 1.165) is 0 Å². The van der Waals surface area contributed by atoms with E-state index in [-0.39, 0.29) is 24.4 Å². The number of benzene rings is 3. The zero-order chi connectivity index (χ0) is 21.4. The molecule has 154 valence electrons. The van der Waals surface area contributed by atoms with Gasteiger partial charge in [0, 0.05) is 5.54 Å². The average Bonchev–Trinajstić information content (AvgIpc) is 3.09. The summed E-state index contributed by atoms with van der Waals surface area (Å²) < 4.78 is 0. The van der Waals surface area contributed by atoms with Crippen LogP contribution in [0.4, 0.5) is 0 Å². The molecule has 0 aromatic heterocycles. The van der Waals surface area contributed by atoms with Crippen LogP contribution in [0.5, 0.6) is 0 Å². The number of hydrogen-bond acceptors (Lipinski definition) is 1. The van der Waals surface area contributed by atoms with Crippen LogP contribution < -0.4 is 44.9 Å². The predicted octanol–water partition coefficient (Wildman–Crippen LogP) is 2.12. The topological polar surface area (TPSA) is 12.0 Å². The Hall–Kier alpha value is -1.53. The fourth-order valence-electron chi connectivity index (χ4n) is 4.52. The van der Waals surface area contributed by atoms with Crippen LogP contribution in [-0.4, -0.2) is 13.8 Å². The van der Waals surface area contributed by atoms with Crippen LogP contribution in [0.15, 0.2) is 91.0 Å². The molecule has 4 aromatic rings. The van der Waals surface area contributed by atoms with Gasteiger partial charge in [0.15, 0.2) is 0 Å².